The van der Waals surface area contributed by atoms with E-state index in [0.717, 1.165) is 29.9 Å². The van der Waals surface area contributed by atoms with Crippen molar-refractivity contribution in [3.63, 3.8) is 0 Å². The smallest absolute Gasteiger partial charge is 0.243 e. The summed E-state index contributed by atoms with van der Waals surface area (Å²) in [5.41, 5.74) is 7.90. The first kappa shape index (κ1) is 13.2. The molecule has 0 bridgehead atoms. The van der Waals surface area contributed by atoms with E-state index >= 15 is 0 Å². The molecule has 0 saturated carbocycles. The second-order valence-corrected chi connectivity index (χ2v) is 4.86. The molecular weight excluding hydrogens is 266 g/mol. The predicted octanol–water partition coefficient (Wildman–Crippen LogP) is 1.98. The van der Waals surface area contributed by atoms with Crippen molar-refractivity contribution in [2.75, 3.05) is 0 Å². The van der Waals surface area contributed by atoms with E-state index < -0.39 is 0 Å². The van der Waals surface area contributed by atoms with Gasteiger partial charge in [0.1, 0.15) is 17.5 Å². The molecule has 106 valence electrons. The monoisotopic (exact) mass is 281 g/mol. The quantitative estimate of drug-likeness (QED) is 0.895. The van der Waals surface area contributed by atoms with Crippen LogP contribution in [0.15, 0.2) is 36.0 Å². The maximum absolute atomic E-state index is 9.41. The Labute approximate surface area is 122 Å². The maximum atomic E-state index is 9.41. The fourth-order valence-electron chi connectivity index (χ4n) is 2.49. The number of nitriles is 1. The summed E-state index contributed by atoms with van der Waals surface area (Å²) < 4.78 is 5.49. The minimum atomic E-state index is -0.314. The second kappa shape index (κ2) is 5.29. The fourth-order valence-corrected chi connectivity index (χ4v) is 2.49. The molecule has 3 N–H and O–H groups in total. The normalized spacial score (nSPS) is 17.0. The number of nitrogens with two attached hydrogens (primary N) is 1. The minimum Gasteiger partial charge on any atom is -0.420 e. The van der Waals surface area contributed by atoms with Crippen LogP contribution in [-0.4, -0.2) is 15.0 Å². The van der Waals surface area contributed by atoms with E-state index in [4.69, 9.17) is 10.5 Å². The average Bonchev–Trinajstić information content (AvgIpc) is 2.89. The Morgan fingerprint density at radius 1 is 1.52 bits per heavy atom. The van der Waals surface area contributed by atoms with E-state index in [2.05, 4.69) is 27.9 Å². The second-order valence-electron chi connectivity index (χ2n) is 4.86. The van der Waals surface area contributed by atoms with E-state index in [1.165, 1.54) is 0 Å². The van der Waals surface area contributed by atoms with Crippen LogP contribution in [0.25, 0.3) is 0 Å². The van der Waals surface area contributed by atoms with Gasteiger partial charge in [0.05, 0.1) is 11.6 Å². The Kier molecular flexibility index (Phi) is 3.32. The molecule has 1 aliphatic rings. The summed E-state index contributed by atoms with van der Waals surface area (Å²) in [7, 11) is 0. The molecule has 0 radical (unpaired) electrons. The molecule has 21 heavy (non-hydrogen) atoms. The van der Waals surface area contributed by atoms with E-state index in [0.29, 0.717) is 11.5 Å². The number of allylic oxidation sites excluding steroid dienone is 1. The lowest BCUT2D eigenvalue weighted by molar-refractivity contribution is 0.379. The molecule has 1 aliphatic heterocycles. The van der Waals surface area contributed by atoms with Gasteiger partial charge in [-0.2, -0.15) is 10.2 Å². The third kappa shape index (κ3) is 2.23. The highest BCUT2D eigenvalue weighted by atomic mass is 16.5. The number of fused-ring (bicyclic) bond motifs is 1. The summed E-state index contributed by atoms with van der Waals surface area (Å²) in [6, 6.07) is 5.89. The lowest BCUT2D eigenvalue weighted by atomic mass is 9.89. The SMILES string of the molecule is CCCc1nc2c([nH]1)[C@@H](c1cccnc1)C(C#N)=C(N)O2. The first-order valence-corrected chi connectivity index (χ1v) is 6.80. The fraction of sp³-hybridized carbons (Fsp3) is 0.267. The number of aromatic nitrogens is 3. The van der Waals surface area contributed by atoms with E-state index in [1.54, 1.807) is 12.4 Å². The van der Waals surface area contributed by atoms with Crippen LogP contribution in [0.4, 0.5) is 0 Å². The molecule has 0 fully saturated rings. The van der Waals surface area contributed by atoms with Crippen LogP contribution in [-0.2, 0) is 6.42 Å². The first-order valence-electron chi connectivity index (χ1n) is 6.80. The van der Waals surface area contributed by atoms with Crippen LogP contribution in [0.3, 0.4) is 0 Å². The van der Waals surface area contributed by atoms with Gasteiger partial charge in [0.25, 0.3) is 0 Å². The minimum absolute atomic E-state index is 0.105. The van der Waals surface area contributed by atoms with Crippen molar-refractivity contribution in [1.29, 1.82) is 5.26 Å². The molecule has 2 aromatic heterocycles. The zero-order valence-electron chi connectivity index (χ0n) is 11.6. The summed E-state index contributed by atoms with van der Waals surface area (Å²) >= 11 is 0. The van der Waals surface area contributed by atoms with Gasteiger partial charge in [-0.05, 0) is 18.1 Å². The standard InChI is InChI=1S/C15H15N5O/c1-2-4-11-19-13-12(9-5-3-6-18-8-9)10(7-16)14(17)21-15(13)20-11/h3,5-6,8,12H,2,4,17H2,1H3,(H,19,20)/t12-/m0/s1. The lowest BCUT2D eigenvalue weighted by Crippen LogP contribution is -2.21. The van der Waals surface area contributed by atoms with Crippen LogP contribution in [0.2, 0.25) is 0 Å². The lowest BCUT2D eigenvalue weighted by Gasteiger charge is -2.22. The molecule has 6 nitrogen and oxygen atoms in total. The van der Waals surface area contributed by atoms with Gasteiger partial charge in [-0.15, -0.1) is 0 Å². The highest BCUT2D eigenvalue weighted by Gasteiger charge is 2.33. The summed E-state index contributed by atoms with van der Waals surface area (Å²) in [5, 5.41) is 9.41. The molecule has 2 aromatic rings. The Morgan fingerprint density at radius 3 is 3.05 bits per heavy atom. The number of ether oxygens (including phenoxy) is 1. The van der Waals surface area contributed by atoms with Crippen molar-refractivity contribution in [2.45, 2.75) is 25.7 Å². The van der Waals surface area contributed by atoms with Crippen molar-refractivity contribution in [2.24, 2.45) is 5.73 Å². The third-order valence-electron chi connectivity index (χ3n) is 3.42. The summed E-state index contributed by atoms with van der Waals surface area (Å²) in [4.78, 5) is 11.8. The molecular formula is C15H15N5O. The molecule has 0 spiro atoms. The largest absolute Gasteiger partial charge is 0.420 e. The molecule has 0 aliphatic carbocycles. The highest BCUT2D eigenvalue weighted by molar-refractivity contribution is 5.50. The van der Waals surface area contributed by atoms with Gasteiger partial charge in [0.2, 0.25) is 11.8 Å². The van der Waals surface area contributed by atoms with Gasteiger partial charge in [-0.3, -0.25) is 4.98 Å². The number of hydrogen-bond acceptors (Lipinski definition) is 5. The topological polar surface area (TPSA) is 101 Å². The van der Waals surface area contributed by atoms with Crippen LogP contribution in [0.1, 0.15) is 36.3 Å². The van der Waals surface area contributed by atoms with Crippen LogP contribution in [0.5, 0.6) is 5.88 Å². The Morgan fingerprint density at radius 2 is 2.38 bits per heavy atom. The Hall–Kier alpha value is -2.81. The highest BCUT2D eigenvalue weighted by Crippen LogP contribution is 2.40. The Balaban J connectivity index is 2.14. The molecule has 0 saturated heterocycles. The molecule has 0 aromatic carbocycles. The van der Waals surface area contributed by atoms with Crippen molar-refractivity contribution < 1.29 is 4.74 Å². The molecule has 0 amide bonds. The first-order chi connectivity index (χ1) is 10.2. The number of H-pyrrole nitrogens is 1. The molecule has 3 heterocycles. The summed E-state index contributed by atoms with van der Waals surface area (Å²) in [6.07, 6.45) is 5.21. The van der Waals surface area contributed by atoms with Crippen molar-refractivity contribution in [1.82, 2.24) is 15.0 Å². The number of aryl methyl sites for hydroxylation is 1. The van der Waals surface area contributed by atoms with E-state index in [-0.39, 0.29) is 11.8 Å². The average molecular weight is 281 g/mol. The van der Waals surface area contributed by atoms with Gasteiger partial charge in [0, 0.05) is 18.8 Å². The van der Waals surface area contributed by atoms with Crippen LogP contribution in [0, 0.1) is 11.3 Å². The summed E-state index contributed by atoms with van der Waals surface area (Å²) in [5.74, 6) is 1.08. The van der Waals surface area contributed by atoms with Crippen molar-refractivity contribution in [3.8, 4) is 11.9 Å². The van der Waals surface area contributed by atoms with E-state index in [1.807, 2.05) is 12.1 Å². The molecule has 6 heteroatoms. The number of nitrogens with zero attached hydrogens (tertiary/aromatic N) is 3. The van der Waals surface area contributed by atoms with Crippen molar-refractivity contribution in [3.05, 3.63) is 53.1 Å². The number of nitrogens with one attached hydrogen (secondary N) is 1. The predicted molar refractivity (Wildman–Crippen MR) is 76.1 cm³/mol. The third-order valence-corrected chi connectivity index (χ3v) is 3.42. The molecule has 3 rings (SSSR count). The maximum Gasteiger partial charge on any atom is 0.243 e. The van der Waals surface area contributed by atoms with Crippen LogP contribution >= 0.6 is 0 Å². The number of hydrogen-bond donors (Lipinski definition) is 2. The van der Waals surface area contributed by atoms with Gasteiger partial charge in [0.15, 0.2) is 0 Å². The number of aromatic amines is 1. The number of imidazole rings is 1. The molecule has 0 unspecified atom stereocenters. The Bertz CT molecular complexity index is 726. The van der Waals surface area contributed by atoms with Gasteiger partial charge >= 0.3 is 0 Å². The van der Waals surface area contributed by atoms with Gasteiger partial charge in [-0.25, -0.2) is 0 Å². The van der Waals surface area contributed by atoms with E-state index in [9.17, 15) is 5.26 Å². The van der Waals surface area contributed by atoms with Gasteiger partial charge < -0.3 is 15.5 Å². The van der Waals surface area contributed by atoms with Crippen LogP contribution < -0.4 is 10.5 Å². The summed E-state index contributed by atoms with van der Waals surface area (Å²) in [6.45, 7) is 2.08. The zero-order valence-corrected chi connectivity index (χ0v) is 11.6. The number of rotatable bonds is 3. The number of pyridine rings is 1. The van der Waals surface area contributed by atoms with Crippen molar-refractivity contribution >= 4 is 0 Å². The molecule has 1 atom stereocenters. The zero-order chi connectivity index (χ0) is 14.8. The van der Waals surface area contributed by atoms with Gasteiger partial charge in [-0.1, -0.05) is 13.0 Å².